The second kappa shape index (κ2) is 3.49. The Balaban J connectivity index is 3.04. The molecular formula is C7H11N3O3S. The van der Waals surface area contributed by atoms with Crippen LogP contribution >= 0.6 is 0 Å². The molecule has 0 spiro atoms. The van der Waals surface area contributed by atoms with E-state index in [1.54, 1.807) is 7.05 Å². The van der Waals surface area contributed by atoms with Gasteiger partial charge in [0.05, 0.1) is 0 Å². The first-order valence-corrected chi connectivity index (χ1v) is 5.86. The smallest absolute Gasteiger partial charge is 0.217 e. The SMILES string of the molecule is CC(C(=O)c1nncn1C)S(C)(=O)=O. The zero-order valence-electron chi connectivity index (χ0n) is 8.13. The molecule has 1 aromatic heterocycles. The van der Waals surface area contributed by atoms with Crippen LogP contribution < -0.4 is 0 Å². The molecule has 0 saturated heterocycles. The number of carbonyl (C=O) groups excluding carboxylic acids is 1. The third-order valence-electron chi connectivity index (χ3n) is 1.94. The van der Waals surface area contributed by atoms with E-state index in [-0.39, 0.29) is 5.82 Å². The van der Waals surface area contributed by atoms with Crippen LogP contribution in [0.4, 0.5) is 0 Å². The minimum Gasteiger partial charge on any atom is -0.314 e. The topological polar surface area (TPSA) is 81.9 Å². The van der Waals surface area contributed by atoms with Crippen LogP contribution in [0.3, 0.4) is 0 Å². The highest BCUT2D eigenvalue weighted by Crippen LogP contribution is 2.05. The summed E-state index contributed by atoms with van der Waals surface area (Å²) in [5.74, 6) is -0.476. The maximum atomic E-state index is 11.6. The number of rotatable bonds is 3. The standard InChI is InChI=1S/C7H11N3O3S/c1-5(14(3,12)13)6(11)7-9-8-4-10(7)2/h4-5H,1-3H3. The van der Waals surface area contributed by atoms with Gasteiger partial charge in [-0.3, -0.25) is 4.79 Å². The Labute approximate surface area is 81.9 Å². The van der Waals surface area contributed by atoms with Crippen LogP contribution in [0.5, 0.6) is 0 Å². The Kier molecular flexibility index (Phi) is 2.70. The van der Waals surface area contributed by atoms with Gasteiger partial charge in [0.1, 0.15) is 11.6 Å². The summed E-state index contributed by atoms with van der Waals surface area (Å²) in [6.07, 6.45) is 2.37. The number of hydrogen-bond donors (Lipinski definition) is 0. The lowest BCUT2D eigenvalue weighted by Gasteiger charge is -2.06. The van der Waals surface area contributed by atoms with Crippen LogP contribution in [-0.2, 0) is 16.9 Å². The molecule has 0 amide bonds. The fourth-order valence-corrected chi connectivity index (χ4v) is 1.38. The molecule has 0 aliphatic carbocycles. The molecule has 0 aromatic carbocycles. The van der Waals surface area contributed by atoms with E-state index in [2.05, 4.69) is 10.2 Å². The molecule has 6 nitrogen and oxygen atoms in total. The normalized spacial score (nSPS) is 13.9. The van der Waals surface area contributed by atoms with Crippen LogP contribution in [0, 0.1) is 0 Å². The van der Waals surface area contributed by atoms with Gasteiger partial charge in [0, 0.05) is 13.3 Å². The highest BCUT2D eigenvalue weighted by Gasteiger charge is 2.27. The molecular weight excluding hydrogens is 206 g/mol. The lowest BCUT2D eigenvalue weighted by atomic mass is 10.3. The highest BCUT2D eigenvalue weighted by atomic mass is 32.2. The van der Waals surface area contributed by atoms with Gasteiger partial charge in [-0.25, -0.2) is 8.42 Å². The summed E-state index contributed by atoms with van der Waals surface area (Å²) in [4.78, 5) is 11.6. The van der Waals surface area contributed by atoms with Crippen molar-refractivity contribution in [3.8, 4) is 0 Å². The molecule has 1 atom stereocenters. The first kappa shape index (κ1) is 10.8. The van der Waals surface area contributed by atoms with E-state index in [1.165, 1.54) is 17.8 Å². The molecule has 1 rings (SSSR count). The van der Waals surface area contributed by atoms with Gasteiger partial charge in [0.2, 0.25) is 11.6 Å². The molecule has 0 N–H and O–H groups in total. The molecule has 0 bridgehead atoms. The van der Waals surface area contributed by atoms with Crippen LogP contribution in [0.2, 0.25) is 0 Å². The first-order chi connectivity index (χ1) is 6.34. The molecule has 0 radical (unpaired) electrons. The highest BCUT2D eigenvalue weighted by molar-refractivity contribution is 7.92. The van der Waals surface area contributed by atoms with E-state index in [9.17, 15) is 13.2 Å². The molecule has 0 aliphatic rings. The average molecular weight is 217 g/mol. The number of carbonyl (C=O) groups is 1. The number of hydrogen-bond acceptors (Lipinski definition) is 5. The van der Waals surface area contributed by atoms with Gasteiger partial charge in [-0.2, -0.15) is 0 Å². The Morgan fingerprint density at radius 2 is 2.14 bits per heavy atom. The van der Waals surface area contributed by atoms with E-state index in [1.807, 2.05) is 0 Å². The minimum absolute atomic E-state index is 0.0583. The molecule has 0 aliphatic heterocycles. The van der Waals surface area contributed by atoms with E-state index in [0.717, 1.165) is 6.26 Å². The maximum absolute atomic E-state index is 11.6. The molecule has 7 heteroatoms. The largest absolute Gasteiger partial charge is 0.314 e. The molecule has 0 fully saturated rings. The number of aryl methyl sites for hydroxylation is 1. The van der Waals surface area contributed by atoms with E-state index in [0.29, 0.717) is 0 Å². The Bertz CT molecular complexity index is 449. The number of nitrogens with zero attached hydrogens (tertiary/aromatic N) is 3. The molecule has 1 heterocycles. The molecule has 1 unspecified atom stereocenters. The van der Waals surface area contributed by atoms with Gasteiger partial charge in [0.25, 0.3) is 0 Å². The van der Waals surface area contributed by atoms with Crippen LogP contribution in [0.25, 0.3) is 0 Å². The summed E-state index contributed by atoms with van der Waals surface area (Å²) in [6.45, 7) is 1.34. The van der Waals surface area contributed by atoms with Crippen molar-refractivity contribution in [2.75, 3.05) is 6.26 Å². The van der Waals surface area contributed by atoms with Crippen molar-refractivity contribution in [2.45, 2.75) is 12.2 Å². The second-order valence-electron chi connectivity index (χ2n) is 3.10. The summed E-state index contributed by atoms with van der Waals surface area (Å²) in [7, 11) is -1.79. The van der Waals surface area contributed by atoms with Gasteiger partial charge >= 0.3 is 0 Å². The lowest BCUT2D eigenvalue weighted by Crippen LogP contribution is -2.28. The van der Waals surface area contributed by atoms with E-state index < -0.39 is 20.9 Å². The number of aromatic nitrogens is 3. The van der Waals surface area contributed by atoms with Crippen LogP contribution in [0.1, 0.15) is 17.5 Å². The summed E-state index contributed by atoms with van der Waals surface area (Å²) in [6, 6.07) is 0. The van der Waals surface area contributed by atoms with Crippen molar-refractivity contribution in [1.82, 2.24) is 14.8 Å². The van der Waals surface area contributed by atoms with Crippen LogP contribution in [0.15, 0.2) is 6.33 Å². The summed E-state index contributed by atoms with van der Waals surface area (Å²) < 4.78 is 23.6. The van der Waals surface area contributed by atoms with Crippen molar-refractivity contribution in [3.05, 3.63) is 12.2 Å². The molecule has 14 heavy (non-hydrogen) atoms. The van der Waals surface area contributed by atoms with Crippen molar-refractivity contribution < 1.29 is 13.2 Å². The number of sulfone groups is 1. The van der Waals surface area contributed by atoms with Crippen molar-refractivity contribution in [2.24, 2.45) is 7.05 Å². The predicted molar refractivity (Wildman–Crippen MR) is 49.6 cm³/mol. The molecule has 1 aromatic rings. The molecule has 0 saturated carbocycles. The summed E-state index contributed by atoms with van der Waals surface area (Å²) in [5, 5.41) is 5.98. The van der Waals surface area contributed by atoms with Gasteiger partial charge in [-0.1, -0.05) is 0 Å². The van der Waals surface area contributed by atoms with Crippen molar-refractivity contribution in [1.29, 1.82) is 0 Å². The Morgan fingerprint density at radius 1 is 1.57 bits per heavy atom. The molecule has 78 valence electrons. The third kappa shape index (κ3) is 1.98. The first-order valence-electron chi connectivity index (χ1n) is 3.91. The van der Waals surface area contributed by atoms with Gasteiger partial charge in [-0.15, -0.1) is 10.2 Å². The average Bonchev–Trinajstić information content (AvgIpc) is 2.47. The van der Waals surface area contributed by atoms with Crippen LogP contribution in [-0.4, -0.2) is 40.5 Å². The van der Waals surface area contributed by atoms with Gasteiger partial charge in [-0.05, 0) is 6.92 Å². The Hall–Kier alpha value is -1.24. The fourth-order valence-electron chi connectivity index (χ4n) is 0.883. The monoisotopic (exact) mass is 217 g/mol. The van der Waals surface area contributed by atoms with Crippen molar-refractivity contribution in [3.63, 3.8) is 0 Å². The number of Topliss-reactive ketones (excluding diaryl/α,β-unsaturated/α-hetero) is 1. The maximum Gasteiger partial charge on any atom is 0.217 e. The van der Waals surface area contributed by atoms with E-state index in [4.69, 9.17) is 0 Å². The number of ketones is 1. The zero-order chi connectivity index (χ0) is 10.9. The quantitative estimate of drug-likeness (QED) is 0.633. The summed E-state index contributed by atoms with van der Waals surface area (Å²) >= 11 is 0. The van der Waals surface area contributed by atoms with Crippen molar-refractivity contribution >= 4 is 15.6 Å². The van der Waals surface area contributed by atoms with Gasteiger partial charge < -0.3 is 4.57 Å². The predicted octanol–water partition coefficient (Wildman–Crippen LogP) is -0.569. The fraction of sp³-hybridized carbons (Fsp3) is 0.571. The Morgan fingerprint density at radius 3 is 2.50 bits per heavy atom. The summed E-state index contributed by atoms with van der Waals surface area (Å²) in [5.41, 5.74) is 0. The zero-order valence-corrected chi connectivity index (χ0v) is 8.95. The third-order valence-corrected chi connectivity index (χ3v) is 3.44. The minimum atomic E-state index is -3.38. The lowest BCUT2D eigenvalue weighted by molar-refractivity contribution is 0.0978. The van der Waals surface area contributed by atoms with E-state index >= 15 is 0 Å². The van der Waals surface area contributed by atoms with Gasteiger partial charge in [0.15, 0.2) is 9.84 Å². The second-order valence-corrected chi connectivity index (χ2v) is 5.47.